The monoisotopic (exact) mass is 232 g/mol. The second-order valence-corrected chi connectivity index (χ2v) is 4.72. The molecule has 0 saturated heterocycles. The molecule has 0 saturated carbocycles. The van der Waals surface area contributed by atoms with Crippen LogP contribution in [0.1, 0.15) is 31.0 Å². The molecule has 14 heavy (non-hydrogen) atoms. The molecule has 0 fully saturated rings. The summed E-state index contributed by atoms with van der Waals surface area (Å²) >= 11 is 7.35. The summed E-state index contributed by atoms with van der Waals surface area (Å²) in [5.74, 6) is 1.25. The van der Waals surface area contributed by atoms with Gasteiger partial charge in [-0.2, -0.15) is 0 Å². The van der Waals surface area contributed by atoms with Gasteiger partial charge < -0.3 is 5.32 Å². The second kappa shape index (κ2) is 6.38. The van der Waals surface area contributed by atoms with Gasteiger partial charge in [-0.3, -0.25) is 0 Å². The highest BCUT2D eigenvalue weighted by Crippen LogP contribution is 2.11. The van der Waals surface area contributed by atoms with Gasteiger partial charge in [-0.15, -0.1) is 22.9 Å². The van der Waals surface area contributed by atoms with E-state index < -0.39 is 0 Å². The molecule has 1 unspecified atom stereocenters. The lowest BCUT2D eigenvalue weighted by atomic mass is 10.1. The molecule has 0 aliphatic carbocycles. The Labute approximate surface area is 94.7 Å². The second-order valence-electron chi connectivity index (χ2n) is 3.51. The number of hydrogen-bond acceptors (Lipinski definition) is 3. The lowest BCUT2D eigenvalue weighted by Gasteiger charge is -2.08. The van der Waals surface area contributed by atoms with E-state index in [0.29, 0.717) is 5.88 Å². The van der Waals surface area contributed by atoms with Crippen LogP contribution < -0.4 is 5.32 Å². The smallest absolute Gasteiger partial charge is 0.107 e. The first-order chi connectivity index (χ1) is 6.76. The van der Waals surface area contributed by atoms with E-state index in [1.165, 1.54) is 6.42 Å². The Hall–Kier alpha value is -0.120. The van der Waals surface area contributed by atoms with Gasteiger partial charge in [-0.05, 0) is 12.5 Å². The molecule has 1 heterocycles. The van der Waals surface area contributed by atoms with Gasteiger partial charge in [0.2, 0.25) is 0 Å². The van der Waals surface area contributed by atoms with Gasteiger partial charge in [0.05, 0.1) is 11.6 Å². The predicted octanol–water partition coefficient (Wildman–Crippen LogP) is 3.02. The van der Waals surface area contributed by atoms with Crippen LogP contribution in [0, 0.1) is 5.92 Å². The Bertz CT molecular complexity index is 262. The van der Waals surface area contributed by atoms with Crippen molar-refractivity contribution in [2.24, 2.45) is 5.92 Å². The SMILES string of the molecule is CCC(C)CNCc1nc(CCl)cs1. The standard InChI is InChI=1S/C10H17ClN2S/c1-3-8(2)5-12-6-10-13-9(4-11)7-14-10/h7-8,12H,3-6H2,1-2H3. The van der Waals surface area contributed by atoms with Crippen LogP contribution in [0.2, 0.25) is 0 Å². The molecule has 0 radical (unpaired) electrons. The number of alkyl halides is 1. The number of hydrogen-bond donors (Lipinski definition) is 1. The Morgan fingerprint density at radius 1 is 1.64 bits per heavy atom. The average molecular weight is 233 g/mol. The number of rotatable bonds is 6. The zero-order valence-corrected chi connectivity index (χ0v) is 10.3. The van der Waals surface area contributed by atoms with Gasteiger partial charge in [-0.25, -0.2) is 4.98 Å². The summed E-state index contributed by atoms with van der Waals surface area (Å²) in [4.78, 5) is 4.38. The van der Waals surface area contributed by atoms with E-state index in [0.717, 1.165) is 29.7 Å². The molecule has 80 valence electrons. The molecule has 2 nitrogen and oxygen atoms in total. The molecule has 4 heteroatoms. The molecule has 0 aliphatic rings. The predicted molar refractivity (Wildman–Crippen MR) is 62.8 cm³/mol. The average Bonchev–Trinajstić information content (AvgIpc) is 2.65. The van der Waals surface area contributed by atoms with E-state index >= 15 is 0 Å². The van der Waals surface area contributed by atoms with Crippen LogP contribution in [0.15, 0.2) is 5.38 Å². The van der Waals surface area contributed by atoms with Crippen molar-refractivity contribution in [1.82, 2.24) is 10.3 Å². The summed E-state index contributed by atoms with van der Waals surface area (Å²) in [7, 11) is 0. The minimum Gasteiger partial charge on any atom is -0.310 e. The first kappa shape index (κ1) is 12.0. The van der Waals surface area contributed by atoms with E-state index in [4.69, 9.17) is 11.6 Å². The first-order valence-electron chi connectivity index (χ1n) is 4.96. The number of nitrogens with zero attached hydrogens (tertiary/aromatic N) is 1. The van der Waals surface area contributed by atoms with Gasteiger partial charge in [0.25, 0.3) is 0 Å². The van der Waals surface area contributed by atoms with Crippen molar-refractivity contribution in [3.05, 3.63) is 16.1 Å². The van der Waals surface area contributed by atoms with Gasteiger partial charge >= 0.3 is 0 Å². The van der Waals surface area contributed by atoms with Crippen molar-refractivity contribution in [2.45, 2.75) is 32.7 Å². The maximum absolute atomic E-state index is 5.67. The van der Waals surface area contributed by atoms with Crippen molar-refractivity contribution in [1.29, 1.82) is 0 Å². The van der Waals surface area contributed by atoms with Gasteiger partial charge in [0.15, 0.2) is 0 Å². The fraction of sp³-hybridized carbons (Fsp3) is 0.700. The van der Waals surface area contributed by atoms with Crippen LogP contribution in [-0.4, -0.2) is 11.5 Å². The summed E-state index contributed by atoms with van der Waals surface area (Å²) in [6.07, 6.45) is 1.22. The van der Waals surface area contributed by atoms with E-state index in [9.17, 15) is 0 Å². The van der Waals surface area contributed by atoms with Crippen molar-refractivity contribution >= 4 is 22.9 Å². The van der Waals surface area contributed by atoms with Crippen molar-refractivity contribution in [3.8, 4) is 0 Å². The molecule has 1 N–H and O–H groups in total. The van der Waals surface area contributed by atoms with Crippen LogP contribution in [0.5, 0.6) is 0 Å². The number of thiazole rings is 1. The normalized spacial score (nSPS) is 13.1. The zero-order valence-electron chi connectivity index (χ0n) is 8.72. The summed E-state index contributed by atoms with van der Waals surface area (Å²) < 4.78 is 0. The van der Waals surface area contributed by atoms with Gasteiger partial charge in [0.1, 0.15) is 5.01 Å². The Morgan fingerprint density at radius 2 is 2.43 bits per heavy atom. The summed E-state index contributed by atoms with van der Waals surface area (Å²) in [6.45, 7) is 6.39. The summed E-state index contributed by atoms with van der Waals surface area (Å²) in [5, 5.41) is 6.54. The zero-order chi connectivity index (χ0) is 10.4. The molecule has 0 aromatic carbocycles. The molecule has 0 aliphatic heterocycles. The Morgan fingerprint density at radius 3 is 3.00 bits per heavy atom. The van der Waals surface area contributed by atoms with E-state index in [1.807, 2.05) is 5.38 Å². The molecular weight excluding hydrogens is 216 g/mol. The molecular formula is C10H17ClN2S. The Balaban J connectivity index is 2.24. The van der Waals surface area contributed by atoms with Crippen LogP contribution in [0.4, 0.5) is 0 Å². The van der Waals surface area contributed by atoms with E-state index in [-0.39, 0.29) is 0 Å². The maximum Gasteiger partial charge on any atom is 0.107 e. The summed E-state index contributed by atoms with van der Waals surface area (Å²) in [6, 6.07) is 0. The largest absolute Gasteiger partial charge is 0.310 e. The molecule has 1 aromatic rings. The minimum absolute atomic E-state index is 0.516. The quantitative estimate of drug-likeness (QED) is 0.763. The van der Waals surface area contributed by atoms with Gasteiger partial charge in [0, 0.05) is 11.9 Å². The third-order valence-corrected chi connectivity index (χ3v) is 3.37. The number of nitrogens with one attached hydrogen (secondary N) is 1. The highest BCUT2D eigenvalue weighted by molar-refractivity contribution is 7.09. The van der Waals surface area contributed by atoms with E-state index in [1.54, 1.807) is 11.3 Å². The highest BCUT2D eigenvalue weighted by atomic mass is 35.5. The topological polar surface area (TPSA) is 24.9 Å². The van der Waals surface area contributed by atoms with Crippen molar-refractivity contribution < 1.29 is 0 Å². The van der Waals surface area contributed by atoms with Crippen LogP contribution in [0.25, 0.3) is 0 Å². The molecule has 0 bridgehead atoms. The maximum atomic E-state index is 5.67. The van der Waals surface area contributed by atoms with Crippen molar-refractivity contribution in [3.63, 3.8) is 0 Å². The fourth-order valence-electron chi connectivity index (χ4n) is 1.06. The fourth-order valence-corrected chi connectivity index (χ4v) is 2.05. The minimum atomic E-state index is 0.516. The third kappa shape index (κ3) is 3.95. The lowest BCUT2D eigenvalue weighted by molar-refractivity contribution is 0.499. The highest BCUT2D eigenvalue weighted by Gasteiger charge is 2.01. The molecule has 0 amide bonds. The number of aromatic nitrogens is 1. The van der Waals surface area contributed by atoms with Crippen LogP contribution in [-0.2, 0) is 12.4 Å². The van der Waals surface area contributed by atoms with Crippen LogP contribution >= 0.6 is 22.9 Å². The molecule has 0 spiro atoms. The number of halogens is 1. The molecule has 1 rings (SSSR count). The van der Waals surface area contributed by atoms with E-state index in [2.05, 4.69) is 24.1 Å². The van der Waals surface area contributed by atoms with Crippen LogP contribution in [0.3, 0.4) is 0 Å². The Kier molecular flexibility index (Phi) is 5.45. The summed E-state index contributed by atoms with van der Waals surface area (Å²) in [5.41, 5.74) is 0.983. The van der Waals surface area contributed by atoms with Gasteiger partial charge in [-0.1, -0.05) is 20.3 Å². The third-order valence-electron chi connectivity index (χ3n) is 2.20. The first-order valence-corrected chi connectivity index (χ1v) is 6.37. The molecule has 1 aromatic heterocycles. The molecule has 1 atom stereocenters. The lowest BCUT2D eigenvalue weighted by Crippen LogP contribution is -2.20. The van der Waals surface area contributed by atoms with Crippen molar-refractivity contribution in [2.75, 3.05) is 6.54 Å².